The summed E-state index contributed by atoms with van der Waals surface area (Å²) in [6, 6.07) is 14.0. The summed E-state index contributed by atoms with van der Waals surface area (Å²) in [6.07, 6.45) is 0.329. The standard InChI is InChI=1S/C21H22N2O4/c1-3-19(24)22(15-9-11-16(12-10-15)27-4-2)13-14-23-20(25)17-7-5-6-8-18(17)21(23)26/h5-12H,3-4,13-14H2,1-2H3. The second kappa shape index (κ2) is 8.03. The van der Waals surface area contributed by atoms with E-state index in [0.717, 1.165) is 5.75 Å². The molecule has 0 bridgehead atoms. The van der Waals surface area contributed by atoms with Crippen LogP contribution in [0.5, 0.6) is 5.75 Å². The largest absolute Gasteiger partial charge is 0.494 e. The van der Waals surface area contributed by atoms with Crippen molar-refractivity contribution >= 4 is 23.4 Å². The summed E-state index contributed by atoms with van der Waals surface area (Å²) in [5, 5.41) is 0. The fourth-order valence-corrected chi connectivity index (χ4v) is 3.12. The summed E-state index contributed by atoms with van der Waals surface area (Å²) in [5.74, 6) is 0.0265. The first-order chi connectivity index (χ1) is 13.1. The molecule has 6 nitrogen and oxygen atoms in total. The highest BCUT2D eigenvalue weighted by atomic mass is 16.5. The minimum Gasteiger partial charge on any atom is -0.494 e. The Morgan fingerprint density at radius 3 is 2.07 bits per heavy atom. The molecular formula is C21H22N2O4. The smallest absolute Gasteiger partial charge is 0.261 e. The van der Waals surface area contributed by atoms with Crippen LogP contribution in [0, 0.1) is 0 Å². The van der Waals surface area contributed by atoms with E-state index in [4.69, 9.17) is 4.74 Å². The molecule has 1 aliphatic rings. The lowest BCUT2D eigenvalue weighted by Crippen LogP contribution is -2.40. The molecule has 3 amide bonds. The van der Waals surface area contributed by atoms with Crippen molar-refractivity contribution in [2.75, 3.05) is 24.6 Å². The molecule has 0 aromatic heterocycles. The number of anilines is 1. The van der Waals surface area contributed by atoms with Gasteiger partial charge in [0.25, 0.3) is 11.8 Å². The van der Waals surface area contributed by atoms with Gasteiger partial charge >= 0.3 is 0 Å². The normalized spacial score (nSPS) is 12.9. The number of nitrogens with zero attached hydrogens (tertiary/aromatic N) is 2. The van der Waals surface area contributed by atoms with Crippen molar-refractivity contribution in [3.8, 4) is 5.75 Å². The number of amides is 3. The Labute approximate surface area is 158 Å². The average Bonchev–Trinajstić information content (AvgIpc) is 2.94. The summed E-state index contributed by atoms with van der Waals surface area (Å²) in [7, 11) is 0. The monoisotopic (exact) mass is 366 g/mol. The van der Waals surface area contributed by atoms with Crippen LogP contribution in [0.15, 0.2) is 48.5 Å². The second-order valence-electron chi connectivity index (χ2n) is 6.13. The molecule has 3 rings (SSSR count). The molecule has 0 atom stereocenters. The van der Waals surface area contributed by atoms with Crippen LogP contribution in [0.25, 0.3) is 0 Å². The minimum atomic E-state index is -0.314. The van der Waals surface area contributed by atoms with Gasteiger partial charge in [-0.3, -0.25) is 19.3 Å². The van der Waals surface area contributed by atoms with Crippen molar-refractivity contribution in [3.05, 3.63) is 59.7 Å². The maximum atomic E-state index is 12.5. The highest BCUT2D eigenvalue weighted by Crippen LogP contribution is 2.24. The van der Waals surface area contributed by atoms with Crippen LogP contribution in [-0.2, 0) is 4.79 Å². The van der Waals surface area contributed by atoms with Crippen LogP contribution in [0.1, 0.15) is 41.0 Å². The predicted octanol–water partition coefficient (Wildman–Crippen LogP) is 3.12. The molecule has 0 saturated heterocycles. The number of rotatable bonds is 7. The van der Waals surface area contributed by atoms with Gasteiger partial charge in [0.15, 0.2) is 0 Å². The van der Waals surface area contributed by atoms with Crippen LogP contribution in [0.2, 0.25) is 0 Å². The highest BCUT2D eigenvalue weighted by molar-refractivity contribution is 6.21. The van der Waals surface area contributed by atoms with E-state index in [0.29, 0.717) is 29.8 Å². The molecule has 27 heavy (non-hydrogen) atoms. The molecule has 1 aliphatic heterocycles. The molecule has 0 saturated carbocycles. The van der Waals surface area contributed by atoms with Gasteiger partial charge in [0.1, 0.15) is 5.75 Å². The Balaban J connectivity index is 1.75. The van der Waals surface area contributed by atoms with Crippen molar-refractivity contribution in [2.45, 2.75) is 20.3 Å². The SMILES string of the molecule is CCOc1ccc(N(CCN2C(=O)c3ccccc3C2=O)C(=O)CC)cc1. The van der Waals surface area contributed by atoms with E-state index in [2.05, 4.69) is 0 Å². The molecule has 6 heteroatoms. The fraction of sp³-hybridized carbons (Fsp3) is 0.286. The first-order valence-electron chi connectivity index (χ1n) is 9.05. The first kappa shape index (κ1) is 18.6. The topological polar surface area (TPSA) is 66.9 Å². The average molecular weight is 366 g/mol. The van der Waals surface area contributed by atoms with E-state index < -0.39 is 0 Å². The predicted molar refractivity (Wildman–Crippen MR) is 102 cm³/mol. The number of carbonyl (C=O) groups is 3. The molecule has 0 spiro atoms. The number of hydrogen-bond acceptors (Lipinski definition) is 4. The van der Waals surface area contributed by atoms with Crippen molar-refractivity contribution in [2.24, 2.45) is 0 Å². The van der Waals surface area contributed by atoms with Gasteiger partial charge in [-0.2, -0.15) is 0 Å². The number of fused-ring (bicyclic) bond motifs is 1. The third-order valence-corrected chi connectivity index (χ3v) is 4.49. The van der Waals surface area contributed by atoms with Crippen molar-refractivity contribution in [1.82, 2.24) is 4.90 Å². The number of carbonyl (C=O) groups excluding carboxylic acids is 3. The molecule has 0 N–H and O–H groups in total. The Morgan fingerprint density at radius 1 is 0.963 bits per heavy atom. The van der Waals surface area contributed by atoms with Gasteiger partial charge in [-0.15, -0.1) is 0 Å². The van der Waals surface area contributed by atoms with Crippen LogP contribution < -0.4 is 9.64 Å². The third-order valence-electron chi connectivity index (χ3n) is 4.49. The Kier molecular flexibility index (Phi) is 5.54. The van der Waals surface area contributed by atoms with E-state index in [1.807, 2.05) is 6.92 Å². The molecular weight excluding hydrogens is 344 g/mol. The van der Waals surface area contributed by atoms with Gasteiger partial charge in [0.2, 0.25) is 5.91 Å². The summed E-state index contributed by atoms with van der Waals surface area (Å²) in [6.45, 7) is 4.64. The van der Waals surface area contributed by atoms with Crippen LogP contribution in [-0.4, -0.2) is 42.3 Å². The quantitative estimate of drug-likeness (QED) is 0.706. The van der Waals surface area contributed by atoms with Gasteiger partial charge in [-0.25, -0.2) is 0 Å². The maximum Gasteiger partial charge on any atom is 0.261 e. The first-order valence-corrected chi connectivity index (χ1v) is 9.05. The van der Waals surface area contributed by atoms with Gasteiger partial charge in [-0.05, 0) is 43.3 Å². The minimum absolute atomic E-state index is 0.0734. The fourth-order valence-electron chi connectivity index (χ4n) is 3.12. The molecule has 0 aliphatic carbocycles. The molecule has 0 fully saturated rings. The van der Waals surface area contributed by atoms with E-state index in [1.54, 1.807) is 60.4 Å². The zero-order valence-corrected chi connectivity index (χ0v) is 15.5. The molecule has 2 aromatic rings. The van der Waals surface area contributed by atoms with E-state index in [1.165, 1.54) is 4.90 Å². The summed E-state index contributed by atoms with van der Waals surface area (Å²) < 4.78 is 5.43. The molecule has 0 unspecified atom stereocenters. The van der Waals surface area contributed by atoms with E-state index in [9.17, 15) is 14.4 Å². The second-order valence-corrected chi connectivity index (χ2v) is 6.13. The lowest BCUT2D eigenvalue weighted by molar-refractivity contribution is -0.118. The van der Waals surface area contributed by atoms with E-state index >= 15 is 0 Å². The third kappa shape index (κ3) is 3.69. The molecule has 140 valence electrons. The zero-order valence-electron chi connectivity index (χ0n) is 15.5. The van der Waals surface area contributed by atoms with Crippen molar-refractivity contribution < 1.29 is 19.1 Å². The van der Waals surface area contributed by atoms with Crippen LogP contribution in [0.3, 0.4) is 0 Å². The lowest BCUT2D eigenvalue weighted by atomic mass is 10.1. The van der Waals surface area contributed by atoms with E-state index in [-0.39, 0.29) is 30.8 Å². The van der Waals surface area contributed by atoms with Crippen molar-refractivity contribution in [1.29, 1.82) is 0 Å². The van der Waals surface area contributed by atoms with Crippen LogP contribution >= 0.6 is 0 Å². The summed E-state index contributed by atoms with van der Waals surface area (Å²) in [5.41, 5.74) is 1.54. The number of benzene rings is 2. The zero-order chi connectivity index (χ0) is 19.4. The van der Waals surface area contributed by atoms with Crippen molar-refractivity contribution in [3.63, 3.8) is 0 Å². The maximum absolute atomic E-state index is 12.5. The highest BCUT2D eigenvalue weighted by Gasteiger charge is 2.35. The van der Waals surface area contributed by atoms with Gasteiger partial charge < -0.3 is 9.64 Å². The Bertz CT molecular complexity index is 826. The molecule has 2 aromatic carbocycles. The Morgan fingerprint density at radius 2 is 1.56 bits per heavy atom. The van der Waals surface area contributed by atoms with Crippen LogP contribution in [0.4, 0.5) is 5.69 Å². The number of ether oxygens (including phenoxy) is 1. The molecule has 1 heterocycles. The summed E-state index contributed by atoms with van der Waals surface area (Å²) in [4.78, 5) is 40.2. The molecule has 0 radical (unpaired) electrons. The van der Waals surface area contributed by atoms with Gasteiger partial charge in [-0.1, -0.05) is 19.1 Å². The Hall–Kier alpha value is -3.15. The number of imide groups is 1. The lowest BCUT2D eigenvalue weighted by Gasteiger charge is -2.25. The van der Waals surface area contributed by atoms with Gasteiger partial charge in [0, 0.05) is 25.2 Å². The van der Waals surface area contributed by atoms with Gasteiger partial charge in [0.05, 0.1) is 17.7 Å². The summed E-state index contributed by atoms with van der Waals surface area (Å²) >= 11 is 0. The number of hydrogen-bond donors (Lipinski definition) is 0.